The van der Waals surface area contributed by atoms with Gasteiger partial charge in [-0.15, -0.1) is 11.3 Å². The van der Waals surface area contributed by atoms with Gasteiger partial charge in [-0.3, -0.25) is 0 Å². The van der Waals surface area contributed by atoms with Crippen LogP contribution in [0.4, 0.5) is 17.1 Å². The van der Waals surface area contributed by atoms with E-state index in [9.17, 15) is 0 Å². The molecule has 0 unspecified atom stereocenters. The number of aromatic nitrogens is 1. The van der Waals surface area contributed by atoms with Gasteiger partial charge in [0.15, 0.2) is 0 Å². The lowest BCUT2D eigenvalue weighted by atomic mass is 10.0. The number of benzene rings is 9. The maximum atomic E-state index is 2.46. The topological polar surface area (TPSA) is 8.17 Å². The number of thiophene rings is 1. The minimum atomic E-state index is 1.11. The Kier molecular flexibility index (Phi) is 8.04. The van der Waals surface area contributed by atoms with Crippen LogP contribution in [-0.4, -0.2) is 4.57 Å². The predicted octanol–water partition coefficient (Wildman–Crippen LogP) is 15.6. The van der Waals surface area contributed by atoms with Crippen molar-refractivity contribution in [2.75, 3.05) is 4.90 Å². The van der Waals surface area contributed by atoms with Crippen molar-refractivity contribution in [2.45, 2.75) is 0 Å². The molecule has 0 N–H and O–H groups in total. The Balaban J connectivity index is 1.07. The van der Waals surface area contributed by atoms with Gasteiger partial charge in [0.1, 0.15) is 0 Å². The summed E-state index contributed by atoms with van der Waals surface area (Å²) in [5, 5.41) is 5.08. The number of fused-ring (bicyclic) bond motifs is 6. The highest BCUT2D eigenvalue weighted by atomic mass is 32.1. The molecule has 57 heavy (non-hydrogen) atoms. The summed E-state index contributed by atoms with van der Waals surface area (Å²) in [6.07, 6.45) is 0. The third kappa shape index (κ3) is 5.80. The minimum absolute atomic E-state index is 1.11. The van der Waals surface area contributed by atoms with E-state index < -0.39 is 0 Å². The SMILES string of the molecule is c1ccc(-c2ccc(N(c3ccccc3)c3ccc(-c4cc(-n5c6ccccc6c6cc(-c7ccccc7)ccc65)cc5c4sc4ccccc45)cc3)cc2)cc1. The molecule has 2 heterocycles. The lowest BCUT2D eigenvalue weighted by Crippen LogP contribution is -2.09. The smallest absolute Gasteiger partial charge is 0.0541 e. The molecule has 3 heteroatoms. The van der Waals surface area contributed by atoms with Crippen LogP contribution in [-0.2, 0) is 0 Å². The van der Waals surface area contributed by atoms with E-state index in [1.807, 2.05) is 11.3 Å². The molecule has 0 saturated heterocycles. The van der Waals surface area contributed by atoms with Crippen molar-refractivity contribution in [3.8, 4) is 39.1 Å². The molecule has 0 radical (unpaired) electrons. The average molecular weight is 745 g/mol. The Morgan fingerprint density at radius 3 is 1.54 bits per heavy atom. The Bertz CT molecular complexity index is 3200. The molecule has 2 aromatic heterocycles. The summed E-state index contributed by atoms with van der Waals surface area (Å²) in [7, 11) is 0. The van der Waals surface area contributed by atoms with Gasteiger partial charge in [-0.05, 0) is 101 Å². The van der Waals surface area contributed by atoms with Gasteiger partial charge in [0.05, 0.1) is 11.0 Å². The first-order chi connectivity index (χ1) is 28.3. The van der Waals surface area contributed by atoms with E-state index in [4.69, 9.17) is 0 Å². The van der Waals surface area contributed by atoms with Crippen LogP contribution >= 0.6 is 11.3 Å². The highest BCUT2D eigenvalue weighted by Crippen LogP contribution is 2.44. The van der Waals surface area contributed by atoms with Crippen molar-refractivity contribution in [3.63, 3.8) is 0 Å². The molecule has 268 valence electrons. The van der Waals surface area contributed by atoms with Crippen LogP contribution in [0.2, 0.25) is 0 Å². The van der Waals surface area contributed by atoms with E-state index in [0.29, 0.717) is 0 Å². The Morgan fingerprint density at radius 2 is 0.842 bits per heavy atom. The average Bonchev–Trinajstić information content (AvgIpc) is 3.83. The summed E-state index contributed by atoms with van der Waals surface area (Å²) in [6.45, 7) is 0. The first kappa shape index (κ1) is 33.2. The summed E-state index contributed by atoms with van der Waals surface area (Å²) >= 11 is 1.88. The molecule has 0 aliphatic rings. The van der Waals surface area contributed by atoms with Gasteiger partial charge in [-0.1, -0.05) is 146 Å². The minimum Gasteiger partial charge on any atom is -0.311 e. The zero-order valence-corrected chi connectivity index (χ0v) is 31.9. The number of hydrogen-bond acceptors (Lipinski definition) is 2. The van der Waals surface area contributed by atoms with Crippen molar-refractivity contribution in [1.82, 2.24) is 4.57 Å². The van der Waals surface area contributed by atoms with Crippen molar-refractivity contribution >= 4 is 70.4 Å². The first-order valence-corrected chi connectivity index (χ1v) is 20.2. The van der Waals surface area contributed by atoms with Crippen LogP contribution in [0.1, 0.15) is 0 Å². The van der Waals surface area contributed by atoms with Gasteiger partial charge in [0.2, 0.25) is 0 Å². The van der Waals surface area contributed by atoms with Crippen LogP contribution in [0.15, 0.2) is 218 Å². The Labute approximate surface area is 335 Å². The van der Waals surface area contributed by atoms with Gasteiger partial charge >= 0.3 is 0 Å². The van der Waals surface area contributed by atoms with E-state index in [1.165, 1.54) is 75.4 Å². The van der Waals surface area contributed by atoms with Crippen LogP contribution < -0.4 is 4.90 Å². The fraction of sp³-hybridized carbons (Fsp3) is 0. The molecule has 0 aliphatic carbocycles. The van der Waals surface area contributed by atoms with Crippen LogP contribution in [0.5, 0.6) is 0 Å². The van der Waals surface area contributed by atoms with E-state index in [1.54, 1.807) is 0 Å². The van der Waals surface area contributed by atoms with E-state index in [-0.39, 0.29) is 0 Å². The van der Waals surface area contributed by atoms with Crippen molar-refractivity contribution in [1.29, 1.82) is 0 Å². The molecule has 0 atom stereocenters. The van der Waals surface area contributed by atoms with Gasteiger partial charge in [-0.2, -0.15) is 0 Å². The number of anilines is 3. The Hall–Kier alpha value is -7.20. The molecule has 11 rings (SSSR count). The third-order valence-electron chi connectivity index (χ3n) is 11.2. The fourth-order valence-electron chi connectivity index (χ4n) is 8.46. The van der Waals surface area contributed by atoms with E-state index >= 15 is 0 Å². The van der Waals surface area contributed by atoms with Crippen LogP contribution in [0.25, 0.3) is 81.0 Å². The zero-order chi connectivity index (χ0) is 37.7. The molecular weight excluding hydrogens is 709 g/mol. The largest absolute Gasteiger partial charge is 0.311 e. The highest BCUT2D eigenvalue weighted by molar-refractivity contribution is 7.26. The molecule has 9 aromatic carbocycles. The van der Waals surface area contributed by atoms with Crippen LogP contribution in [0.3, 0.4) is 0 Å². The lowest BCUT2D eigenvalue weighted by molar-refractivity contribution is 1.19. The summed E-state index contributed by atoms with van der Waals surface area (Å²) in [6, 6.07) is 79.3. The first-order valence-electron chi connectivity index (χ1n) is 19.4. The molecule has 2 nitrogen and oxygen atoms in total. The standard InChI is InChI=1S/C54H36N2S/c1-4-14-37(15-5-1)39-24-29-43(30-25-39)55(42-18-8-3-9-19-42)44-31-26-40(27-32-44)48-35-45(36-50-47-21-11-13-23-53(47)57-54(48)50)56-51-22-12-10-20-46(51)49-34-41(28-33-52(49)56)38-16-6-2-7-17-38/h1-36H. The molecule has 11 aromatic rings. The van der Waals surface area contributed by atoms with Crippen LogP contribution in [0, 0.1) is 0 Å². The zero-order valence-electron chi connectivity index (χ0n) is 31.1. The molecule has 0 aliphatic heterocycles. The summed E-state index contributed by atoms with van der Waals surface area (Å²) in [4.78, 5) is 2.34. The fourth-order valence-corrected chi connectivity index (χ4v) is 9.68. The van der Waals surface area contributed by atoms with Gasteiger partial charge in [0, 0.05) is 59.3 Å². The Morgan fingerprint density at radius 1 is 0.333 bits per heavy atom. The number of hydrogen-bond donors (Lipinski definition) is 0. The molecule has 0 amide bonds. The summed E-state index contributed by atoms with van der Waals surface area (Å²) < 4.78 is 5.06. The molecular formula is C54H36N2S. The maximum absolute atomic E-state index is 2.46. The van der Waals surface area contributed by atoms with Crippen molar-refractivity contribution < 1.29 is 0 Å². The van der Waals surface area contributed by atoms with E-state index in [0.717, 1.165) is 22.7 Å². The second-order valence-corrected chi connectivity index (χ2v) is 15.6. The number of rotatable bonds is 7. The van der Waals surface area contributed by atoms with Crippen molar-refractivity contribution in [3.05, 3.63) is 218 Å². The number of para-hydroxylation sites is 2. The third-order valence-corrected chi connectivity index (χ3v) is 12.4. The second kappa shape index (κ2) is 13.8. The second-order valence-electron chi connectivity index (χ2n) is 14.5. The van der Waals surface area contributed by atoms with Crippen molar-refractivity contribution in [2.24, 2.45) is 0 Å². The monoisotopic (exact) mass is 744 g/mol. The summed E-state index contributed by atoms with van der Waals surface area (Å²) in [5.74, 6) is 0. The predicted molar refractivity (Wildman–Crippen MR) is 245 cm³/mol. The molecule has 0 spiro atoms. The lowest BCUT2D eigenvalue weighted by Gasteiger charge is -2.26. The molecule has 0 fully saturated rings. The van der Waals surface area contributed by atoms with E-state index in [2.05, 4.69) is 228 Å². The summed E-state index contributed by atoms with van der Waals surface area (Å²) in [5.41, 5.74) is 14.2. The van der Waals surface area contributed by atoms with Gasteiger partial charge in [0.25, 0.3) is 0 Å². The molecule has 0 bridgehead atoms. The number of nitrogens with zero attached hydrogens (tertiary/aromatic N) is 2. The van der Waals surface area contributed by atoms with Gasteiger partial charge < -0.3 is 9.47 Å². The van der Waals surface area contributed by atoms with Gasteiger partial charge in [-0.25, -0.2) is 0 Å². The quantitative estimate of drug-likeness (QED) is 0.158. The highest BCUT2D eigenvalue weighted by Gasteiger charge is 2.19. The normalized spacial score (nSPS) is 11.5. The maximum Gasteiger partial charge on any atom is 0.0541 e. The molecule has 0 saturated carbocycles.